The Bertz CT molecular complexity index is 744. The van der Waals surface area contributed by atoms with Crippen molar-refractivity contribution >= 4 is 87.2 Å². The van der Waals surface area contributed by atoms with Gasteiger partial charge in [-0.15, -0.1) is 0 Å². The second kappa shape index (κ2) is 10.2. The average molecular weight is 485 g/mol. The van der Waals surface area contributed by atoms with Gasteiger partial charge in [-0.2, -0.15) is 0 Å². The third-order valence-electron chi connectivity index (χ3n) is 2.51. The first-order valence-electron chi connectivity index (χ1n) is 6.33. The molecule has 0 fully saturated rings. The van der Waals surface area contributed by atoms with Crippen molar-refractivity contribution in [2.75, 3.05) is 6.61 Å². The van der Waals surface area contributed by atoms with E-state index in [9.17, 15) is 4.79 Å². The molecule has 0 aromatic heterocycles. The molecule has 1 N–H and O–H groups in total. The zero-order valence-corrected chi connectivity index (χ0v) is 17.4. The van der Waals surface area contributed by atoms with Crippen molar-refractivity contribution in [2.24, 2.45) is 0 Å². The Balaban J connectivity index is 0.000000257. The summed E-state index contributed by atoms with van der Waals surface area (Å²) in [6.45, 7) is -0.475. The van der Waals surface area contributed by atoms with Gasteiger partial charge in [0, 0.05) is 16.7 Å². The molecule has 0 aliphatic heterocycles. The number of aliphatic carboxylic acids is 1. The summed E-state index contributed by atoms with van der Waals surface area (Å²) in [6.07, 6.45) is 0. The van der Waals surface area contributed by atoms with Crippen molar-refractivity contribution in [1.29, 1.82) is 0 Å². The fourth-order valence-electron chi connectivity index (χ4n) is 1.45. The second-order valence-electron chi connectivity index (χ2n) is 4.36. The van der Waals surface area contributed by atoms with Crippen molar-refractivity contribution in [1.82, 2.24) is 0 Å². The first-order chi connectivity index (χ1) is 11.5. The lowest BCUT2D eigenvalue weighted by atomic mass is 10.2. The van der Waals surface area contributed by atoms with Gasteiger partial charge in [-0.3, -0.25) is 0 Å². The van der Waals surface area contributed by atoms with Crippen molar-refractivity contribution in [3.8, 4) is 5.75 Å². The highest BCUT2D eigenvalue weighted by atomic mass is 35.6. The number of rotatable bonds is 3. The van der Waals surface area contributed by atoms with Crippen molar-refractivity contribution in [3.63, 3.8) is 0 Å². The molecular formula is C15H9Cl7O3. The zero-order chi connectivity index (χ0) is 19.2. The molecule has 0 radical (unpaired) electrons. The van der Waals surface area contributed by atoms with Crippen LogP contribution in [0.3, 0.4) is 0 Å². The van der Waals surface area contributed by atoms with Crippen LogP contribution in [0.2, 0.25) is 20.1 Å². The van der Waals surface area contributed by atoms with Crippen LogP contribution in [-0.4, -0.2) is 17.7 Å². The fraction of sp³-hybridized carbons (Fsp3) is 0.133. The Kier molecular flexibility index (Phi) is 9.27. The number of carbonyl (C=O) groups is 1. The molecule has 0 bridgehead atoms. The van der Waals surface area contributed by atoms with Crippen LogP contribution in [0.15, 0.2) is 36.4 Å². The Morgan fingerprint density at radius 1 is 0.920 bits per heavy atom. The van der Waals surface area contributed by atoms with Crippen LogP contribution in [-0.2, 0) is 8.59 Å². The predicted octanol–water partition coefficient (Wildman–Crippen LogP) is 7.28. The van der Waals surface area contributed by atoms with E-state index in [1.807, 2.05) is 0 Å². The molecule has 3 nitrogen and oxygen atoms in total. The lowest BCUT2D eigenvalue weighted by Gasteiger charge is -2.11. The lowest BCUT2D eigenvalue weighted by molar-refractivity contribution is -0.139. The number of hydrogen-bond acceptors (Lipinski definition) is 2. The third kappa shape index (κ3) is 7.88. The van der Waals surface area contributed by atoms with Crippen LogP contribution in [0, 0.1) is 0 Å². The van der Waals surface area contributed by atoms with Gasteiger partial charge in [0.05, 0.1) is 15.1 Å². The van der Waals surface area contributed by atoms with Gasteiger partial charge in [-0.05, 0) is 12.1 Å². The molecule has 2 rings (SSSR count). The van der Waals surface area contributed by atoms with Gasteiger partial charge in [-0.25, -0.2) is 4.79 Å². The van der Waals surface area contributed by atoms with Gasteiger partial charge in [0.1, 0.15) is 5.75 Å². The predicted molar refractivity (Wildman–Crippen MR) is 105 cm³/mol. The molecule has 25 heavy (non-hydrogen) atoms. The smallest absolute Gasteiger partial charge is 0.341 e. The van der Waals surface area contributed by atoms with E-state index in [4.69, 9.17) is 91.0 Å². The molecule has 0 aliphatic rings. The molecule has 0 spiro atoms. The van der Waals surface area contributed by atoms with Gasteiger partial charge in [0.15, 0.2) is 6.61 Å². The maximum absolute atomic E-state index is 10.2. The van der Waals surface area contributed by atoms with Crippen LogP contribution in [0.4, 0.5) is 0 Å². The summed E-state index contributed by atoms with van der Waals surface area (Å²) in [6, 6.07) is 9.66. The highest BCUT2D eigenvalue weighted by molar-refractivity contribution is 6.67. The first-order valence-corrected chi connectivity index (χ1v) is 8.97. The summed E-state index contributed by atoms with van der Waals surface area (Å²) in [5, 5.41) is 9.60. The Hall–Kier alpha value is -0.260. The van der Waals surface area contributed by atoms with E-state index in [2.05, 4.69) is 0 Å². The van der Waals surface area contributed by atoms with Crippen LogP contribution in [0.25, 0.3) is 0 Å². The molecule has 0 saturated carbocycles. The molecule has 0 heterocycles. The molecule has 0 unspecified atom stereocenters. The van der Waals surface area contributed by atoms with Crippen molar-refractivity contribution in [3.05, 3.63) is 62.1 Å². The molecule has 0 amide bonds. The third-order valence-corrected chi connectivity index (χ3v) is 4.46. The molecule has 2 aromatic carbocycles. The summed E-state index contributed by atoms with van der Waals surface area (Å²) in [5.74, 6) is -0.893. The minimum absolute atomic E-state index is 0.198. The number of halogens is 7. The van der Waals surface area contributed by atoms with E-state index in [0.29, 0.717) is 15.6 Å². The Labute approximate surface area is 179 Å². The summed E-state index contributed by atoms with van der Waals surface area (Å²) in [7, 11) is 0. The highest BCUT2D eigenvalue weighted by Gasteiger charge is 2.24. The molecule has 2 aromatic rings. The van der Waals surface area contributed by atoms with Crippen LogP contribution < -0.4 is 4.74 Å². The van der Waals surface area contributed by atoms with Gasteiger partial charge in [-0.1, -0.05) is 99.4 Å². The highest BCUT2D eigenvalue weighted by Crippen LogP contribution is 2.41. The Morgan fingerprint density at radius 2 is 1.48 bits per heavy atom. The zero-order valence-electron chi connectivity index (χ0n) is 12.1. The largest absolute Gasteiger partial charge is 0.480 e. The minimum Gasteiger partial charge on any atom is -0.480 e. The van der Waals surface area contributed by atoms with Crippen molar-refractivity contribution in [2.45, 2.75) is 3.79 Å². The maximum atomic E-state index is 10.2. The summed E-state index contributed by atoms with van der Waals surface area (Å²) in [4.78, 5) is 10.2. The number of benzene rings is 2. The van der Waals surface area contributed by atoms with E-state index in [1.165, 1.54) is 12.1 Å². The molecule has 136 valence electrons. The summed E-state index contributed by atoms with van der Waals surface area (Å²) < 4.78 is 3.43. The summed E-state index contributed by atoms with van der Waals surface area (Å²) in [5.41, 5.74) is 0.506. The van der Waals surface area contributed by atoms with Gasteiger partial charge < -0.3 is 9.84 Å². The minimum atomic E-state index is -1.43. The standard InChI is InChI=1S/C8H5Cl3O3.C7H4Cl4/c9-4-1-6(11)7(2-5(4)10)14-3-8(12)13;8-6-4-2-1-3-5(6)7(9,10)11/h1-2H,3H2,(H,12,13);1-4H. The maximum Gasteiger partial charge on any atom is 0.341 e. The van der Waals surface area contributed by atoms with E-state index in [0.717, 1.165) is 0 Å². The molecule has 0 saturated heterocycles. The second-order valence-corrected chi connectivity index (χ2v) is 8.27. The summed E-state index contributed by atoms with van der Waals surface area (Å²) >= 11 is 39.7. The molecule has 0 atom stereocenters. The van der Waals surface area contributed by atoms with E-state index in [-0.39, 0.29) is 15.8 Å². The normalized spacial score (nSPS) is 10.7. The van der Waals surface area contributed by atoms with E-state index >= 15 is 0 Å². The first kappa shape index (κ1) is 22.8. The van der Waals surface area contributed by atoms with E-state index in [1.54, 1.807) is 24.3 Å². The lowest BCUT2D eigenvalue weighted by Crippen LogP contribution is -2.09. The topological polar surface area (TPSA) is 46.5 Å². The monoisotopic (exact) mass is 482 g/mol. The fourth-order valence-corrected chi connectivity index (χ4v) is 2.95. The number of carboxylic acids is 1. The number of carboxylic acid groups (broad SMARTS) is 1. The van der Waals surface area contributed by atoms with Crippen molar-refractivity contribution < 1.29 is 14.6 Å². The van der Waals surface area contributed by atoms with Gasteiger partial charge >= 0.3 is 5.97 Å². The van der Waals surface area contributed by atoms with Gasteiger partial charge in [0.25, 0.3) is 0 Å². The number of alkyl halides is 3. The average Bonchev–Trinajstić information content (AvgIpc) is 2.49. The molecule has 0 aliphatic carbocycles. The van der Waals surface area contributed by atoms with Crippen LogP contribution in [0.5, 0.6) is 5.75 Å². The molecule has 10 heteroatoms. The molecular weight excluding hydrogens is 476 g/mol. The van der Waals surface area contributed by atoms with Crippen LogP contribution in [0.1, 0.15) is 5.56 Å². The SMILES string of the molecule is Clc1ccccc1C(Cl)(Cl)Cl.O=C(O)COc1cc(Cl)c(Cl)cc1Cl. The van der Waals surface area contributed by atoms with Crippen LogP contribution >= 0.6 is 81.2 Å². The number of ether oxygens (including phenoxy) is 1. The quantitative estimate of drug-likeness (QED) is 0.367. The number of hydrogen-bond donors (Lipinski definition) is 1. The van der Waals surface area contributed by atoms with E-state index < -0.39 is 16.4 Å². The van der Waals surface area contributed by atoms with Gasteiger partial charge in [0.2, 0.25) is 3.79 Å². The Morgan fingerprint density at radius 3 is 1.96 bits per heavy atom.